The molecule has 3 aromatic rings. The molecule has 5 nitrogen and oxygen atoms in total. The minimum atomic E-state index is 0.258. The molecule has 0 aliphatic rings. The van der Waals surface area contributed by atoms with Gasteiger partial charge in [-0.05, 0) is 44.9 Å². The van der Waals surface area contributed by atoms with E-state index in [4.69, 9.17) is 4.98 Å². The van der Waals surface area contributed by atoms with Crippen molar-refractivity contribution in [1.82, 2.24) is 15.2 Å². The standard InChI is InChI=1S/C21H25N5/c1-15(2)26(14-18-8-6-5-7-9-18)21-24-20(13-22-25-21)23-19-11-10-16(3)12-17(19)4/h5-13,15H,14H2,1-4H3,(H,23,24,25). The molecule has 0 saturated heterocycles. The number of nitrogens with one attached hydrogen (secondary N) is 1. The lowest BCUT2D eigenvalue weighted by molar-refractivity contribution is 0.653. The second kappa shape index (κ2) is 7.95. The zero-order valence-corrected chi connectivity index (χ0v) is 15.8. The molecular weight excluding hydrogens is 322 g/mol. The zero-order chi connectivity index (χ0) is 18.5. The maximum atomic E-state index is 4.69. The van der Waals surface area contributed by atoms with Crippen LogP contribution in [-0.2, 0) is 6.54 Å². The first kappa shape index (κ1) is 17.9. The maximum Gasteiger partial charge on any atom is 0.247 e. The number of anilines is 3. The van der Waals surface area contributed by atoms with Gasteiger partial charge in [0, 0.05) is 18.3 Å². The van der Waals surface area contributed by atoms with Gasteiger partial charge in [-0.25, -0.2) is 0 Å². The fourth-order valence-corrected chi connectivity index (χ4v) is 2.83. The van der Waals surface area contributed by atoms with Crippen molar-refractivity contribution in [2.24, 2.45) is 0 Å². The predicted octanol–water partition coefficient (Wildman–Crippen LogP) is 4.65. The third-order valence-electron chi connectivity index (χ3n) is 4.27. The van der Waals surface area contributed by atoms with Crippen LogP contribution >= 0.6 is 0 Å². The Balaban J connectivity index is 1.84. The Hall–Kier alpha value is -2.95. The smallest absolute Gasteiger partial charge is 0.247 e. The number of hydrogen-bond acceptors (Lipinski definition) is 5. The highest BCUT2D eigenvalue weighted by molar-refractivity contribution is 5.61. The summed E-state index contributed by atoms with van der Waals surface area (Å²) >= 11 is 0. The van der Waals surface area contributed by atoms with Crippen molar-refractivity contribution < 1.29 is 0 Å². The van der Waals surface area contributed by atoms with Gasteiger partial charge in [0.25, 0.3) is 0 Å². The molecule has 0 aliphatic carbocycles. The summed E-state index contributed by atoms with van der Waals surface area (Å²) in [4.78, 5) is 6.84. The molecule has 0 saturated carbocycles. The van der Waals surface area contributed by atoms with Crippen LogP contribution in [0.3, 0.4) is 0 Å². The second-order valence-corrected chi connectivity index (χ2v) is 6.79. The Morgan fingerprint density at radius 2 is 1.81 bits per heavy atom. The van der Waals surface area contributed by atoms with Crippen LogP contribution in [-0.4, -0.2) is 21.2 Å². The summed E-state index contributed by atoms with van der Waals surface area (Å²) < 4.78 is 0. The average molecular weight is 347 g/mol. The van der Waals surface area contributed by atoms with E-state index < -0.39 is 0 Å². The van der Waals surface area contributed by atoms with Crippen LogP contribution < -0.4 is 10.2 Å². The highest BCUT2D eigenvalue weighted by Crippen LogP contribution is 2.22. The number of nitrogens with zero attached hydrogens (tertiary/aromatic N) is 4. The van der Waals surface area contributed by atoms with Crippen molar-refractivity contribution in [2.45, 2.75) is 40.3 Å². The summed E-state index contributed by atoms with van der Waals surface area (Å²) in [6.45, 7) is 9.19. The number of rotatable bonds is 6. The highest BCUT2D eigenvalue weighted by atomic mass is 15.3. The van der Waals surface area contributed by atoms with Crippen molar-refractivity contribution >= 4 is 17.5 Å². The van der Waals surface area contributed by atoms with Crippen molar-refractivity contribution in [3.05, 3.63) is 71.4 Å². The van der Waals surface area contributed by atoms with E-state index in [1.165, 1.54) is 16.7 Å². The molecule has 0 amide bonds. The zero-order valence-electron chi connectivity index (χ0n) is 15.8. The Bertz CT molecular complexity index is 861. The number of aromatic nitrogens is 3. The number of hydrogen-bond donors (Lipinski definition) is 1. The van der Waals surface area contributed by atoms with Crippen LogP contribution in [0.2, 0.25) is 0 Å². The summed E-state index contributed by atoms with van der Waals surface area (Å²) in [7, 11) is 0. The first-order valence-corrected chi connectivity index (χ1v) is 8.87. The van der Waals surface area contributed by atoms with Gasteiger partial charge in [-0.2, -0.15) is 10.1 Å². The van der Waals surface area contributed by atoms with Gasteiger partial charge in [0.1, 0.15) is 0 Å². The molecule has 26 heavy (non-hydrogen) atoms. The van der Waals surface area contributed by atoms with E-state index in [2.05, 4.69) is 78.4 Å². The predicted molar refractivity (Wildman–Crippen MR) is 107 cm³/mol. The fraction of sp³-hybridized carbons (Fsp3) is 0.286. The molecule has 0 spiro atoms. The topological polar surface area (TPSA) is 53.9 Å². The minimum Gasteiger partial charge on any atom is -0.339 e. The molecule has 1 heterocycles. The summed E-state index contributed by atoms with van der Waals surface area (Å²) in [5.74, 6) is 1.32. The Morgan fingerprint density at radius 1 is 1.04 bits per heavy atom. The largest absolute Gasteiger partial charge is 0.339 e. The van der Waals surface area contributed by atoms with Crippen LogP contribution in [0.15, 0.2) is 54.7 Å². The van der Waals surface area contributed by atoms with E-state index in [1.807, 2.05) is 18.2 Å². The molecular formula is C21H25N5. The summed E-state index contributed by atoms with van der Waals surface area (Å²) in [6.07, 6.45) is 1.66. The van der Waals surface area contributed by atoms with Crippen molar-refractivity contribution in [1.29, 1.82) is 0 Å². The first-order valence-electron chi connectivity index (χ1n) is 8.87. The van der Waals surface area contributed by atoms with Gasteiger partial charge in [0.2, 0.25) is 5.95 Å². The van der Waals surface area contributed by atoms with Gasteiger partial charge in [-0.15, -0.1) is 5.10 Å². The Morgan fingerprint density at radius 3 is 2.50 bits per heavy atom. The van der Waals surface area contributed by atoms with Crippen LogP contribution in [0.4, 0.5) is 17.5 Å². The van der Waals surface area contributed by atoms with E-state index in [0.29, 0.717) is 11.8 Å². The van der Waals surface area contributed by atoms with E-state index in [0.717, 1.165) is 12.2 Å². The summed E-state index contributed by atoms with van der Waals surface area (Å²) in [5.41, 5.74) is 4.66. The van der Waals surface area contributed by atoms with Gasteiger partial charge >= 0.3 is 0 Å². The van der Waals surface area contributed by atoms with Gasteiger partial charge in [0.15, 0.2) is 5.82 Å². The highest BCUT2D eigenvalue weighted by Gasteiger charge is 2.15. The minimum absolute atomic E-state index is 0.258. The lowest BCUT2D eigenvalue weighted by Crippen LogP contribution is -2.32. The Kier molecular flexibility index (Phi) is 5.46. The average Bonchev–Trinajstić information content (AvgIpc) is 2.63. The van der Waals surface area contributed by atoms with Crippen LogP contribution in [0.1, 0.15) is 30.5 Å². The SMILES string of the molecule is Cc1ccc(Nc2cnnc(N(Cc3ccccc3)C(C)C)n2)c(C)c1. The maximum absolute atomic E-state index is 4.69. The van der Waals surface area contributed by atoms with E-state index >= 15 is 0 Å². The Labute approximate surface area is 155 Å². The van der Waals surface area contributed by atoms with E-state index in [9.17, 15) is 0 Å². The van der Waals surface area contributed by atoms with Gasteiger partial charge in [-0.3, -0.25) is 0 Å². The first-order chi connectivity index (χ1) is 12.5. The molecule has 0 fully saturated rings. The van der Waals surface area contributed by atoms with Gasteiger partial charge < -0.3 is 10.2 Å². The normalized spacial score (nSPS) is 10.8. The van der Waals surface area contributed by atoms with Crippen LogP contribution in [0, 0.1) is 13.8 Å². The molecule has 3 rings (SSSR count). The van der Waals surface area contributed by atoms with Crippen molar-refractivity contribution in [3.8, 4) is 0 Å². The molecule has 0 bridgehead atoms. The second-order valence-electron chi connectivity index (χ2n) is 6.79. The third kappa shape index (κ3) is 4.36. The quantitative estimate of drug-likeness (QED) is 0.703. The van der Waals surface area contributed by atoms with E-state index in [1.54, 1.807) is 6.20 Å². The fourth-order valence-electron chi connectivity index (χ4n) is 2.83. The molecule has 1 N–H and O–H groups in total. The van der Waals surface area contributed by atoms with Gasteiger partial charge in [-0.1, -0.05) is 48.0 Å². The van der Waals surface area contributed by atoms with Crippen LogP contribution in [0.5, 0.6) is 0 Å². The lowest BCUT2D eigenvalue weighted by atomic mass is 10.1. The molecule has 0 radical (unpaired) electrons. The van der Waals surface area contributed by atoms with Crippen molar-refractivity contribution in [2.75, 3.05) is 10.2 Å². The third-order valence-corrected chi connectivity index (χ3v) is 4.27. The molecule has 134 valence electrons. The van der Waals surface area contributed by atoms with Crippen LogP contribution in [0.25, 0.3) is 0 Å². The van der Waals surface area contributed by atoms with Gasteiger partial charge in [0.05, 0.1) is 6.20 Å². The van der Waals surface area contributed by atoms with Crippen molar-refractivity contribution in [3.63, 3.8) is 0 Å². The molecule has 0 unspecified atom stereocenters. The number of aryl methyl sites for hydroxylation is 2. The molecule has 2 aromatic carbocycles. The molecule has 1 aromatic heterocycles. The monoisotopic (exact) mass is 347 g/mol. The summed E-state index contributed by atoms with van der Waals surface area (Å²) in [6, 6.07) is 16.9. The molecule has 0 atom stereocenters. The molecule has 0 aliphatic heterocycles. The van der Waals surface area contributed by atoms with E-state index in [-0.39, 0.29) is 6.04 Å². The lowest BCUT2D eigenvalue weighted by Gasteiger charge is -2.26. The number of benzene rings is 2. The summed E-state index contributed by atoms with van der Waals surface area (Å²) in [5, 5.41) is 11.8. The molecule has 5 heteroatoms.